The number of fused-ring (bicyclic) bond motifs is 2. The summed E-state index contributed by atoms with van der Waals surface area (Å²) in [7, 11) is -3.63. The van der Waals surface area contributed by atoms with Gasteiger partial charge in [-0.15, -0.1) is 11.3 Å². The average Bonchev–Trinajstić information content (AvgIpc) is 3.29. The van der Waals surface area contributed by atoms with Gasteiger partial charge in [0.15, 0.2) is 0 Å². The van der Waals surface area contributed by atoms with Crippen LogP contribution < -0.4 is 4.90 Å². The van der Waals surface area contributed by atoms with Crippen LogP contribution in [-0.2, 0) is 10.0 Å². The normalized spacial score (nSPS) is 20.4. The molecule has 2 saturated heterocycles. The van der Waals surface area contributed by atoms with Gasteiger partial charge in [0.1, 0.15) is 4.90 Å². The van der Waals surface area contributed by atoms with Crippen LogP contribution in [0.15, 0.2) is 71.2 Å². The Kier molecular flexibility index (Phi) is 7.16. The van der Waals surface area contributed by atoms with E-state index in [0.717, 1.165) is 75.6 Å². The lowest BCUT2D eigenvalue weighted by Gasteiger charge is -2.38. The van der Waals surface area contributed by atoms with E-state index in [-0.39, 0.29) is 6.04 Å². The number of thiophene rings is 1. The number of rotatable bonds is 6. The predicted octanol–water partition coefficient (Wildman–Crippen LogP) is 5.60. The van der Waals surface area contributed by atoms with Crippen molar-refractivity contribution in [3.8, 4) is 0 Å². The molecule has 0 aliphatic carbocycles. The van der Waals surface area contributed by atoms with Crippen LogP contribution in [0.4, 0.5) is 5.69 Å². The molecule has 2 aromatic carbocycles. The number of benzene rings is 2. The van der Waals surface area contributed by atoms with Gasteiger partial charge < -0.3 is 4.90 Å². The third kappa shape index (κ3) is 5.00. The zero-order chi connectivity index (χ0) is 25.2. The molecule has 6 nitrogen and oxygen atoms in total. The molecular formula is C29H34N4O2S2. The minimum absolute atomic E-state index is 0.0315. The van der Waals surface area contributed by atoms with Crippen LogP contribution in [0.1, 0.15) is 32.1 Å². The van der Waals surface area contributed by atoms with Gasteiger partial charge in [-0.3, -0.25) is 9.88 Å². The van der Waals surface area contributed by atoms with Crippen molar-refractivity contribution in [2.75, 3.05) is 44.2 Å². The number of aromatic nitrogens is 1. The van der Waals surface area contributed by atoms with Crippen molar-refractivity contribution in [2.24, 2.45) is 0 Å². The number of hydrogen-bond donors (Lipinski definition) is 0. The second-order valence-electron chi connectivity index (χ2n) is 10.2. The summed E-state index contributed by atoms with van der Waals surface area (Å²) >= 11 is 1.80. The van der Waals surface area contributed by atoms with E-state index in [9.17, 15) is 8.42 Å². The van der Waals surface area contributed by atoms with Gasteiger partial charge in [-0.2, -0.15) is 4.31 Å². The van der Waals surface area contributed by atoms with Gasteiger partial charge in [0, 0.05) is 77.7 Å². The molecule has 1 atom stereocenters. The fourth-order valence-electron chi connectivity index (χ4n) is 5.97. The van der Waals surface area contributed by atoms with Gasteiger partial charge in [-0.25, -0.2) is 8.42 Å². The quantitative estimate of drug-likeness (QED) is 0.323. The highest BCUT2D eigenvalue weighted by Crippen LogP contribution is 2.32. The molecule has 6 rings (SSSR count). The van der Waals surface area contributed by atoms with Crippen molar-refractivity contribution in [3.05, 3.63) is 66.3 Å². The molecule has 0 N–H and O–H groups in total. The lowest BCUT2D eigenvalue weighted by atomic mass is 10.1. The Labute approximate surface area is 223 Å². The average molecular weight is 535 g/mol. The van der Waals surface area contributed by atoms with Crippen molar-refractivity contribution >= 4 is 47.9 Å². The summed E-state index contributed by atoms with van der Waals surface area (Å²) in [6, 6.07) is 16.5. The smallest absolute Gasteiger partial charge is 0.245 e. The minimum Gasteiger partial charge on any atom is -0.368 e. The molecule has 0 radical (unpaired) electrons. The summed E-state index contributed by atoms with van der Waals surface area (Å²) in [4.78, 5) is 9.63. The van der Waals surface area contributed by atoms with E-state index in [0.29, 0.717) is 11.4 Å². The van der Waals surface area contributed by atoms with Gasteiger partial charge in [0.2, 0.25) is 10.0 Å². The SMILES string of the molecule is O=S(=O)(c1cncc2ccccc12)N1CCCCC[C@H]1CCN1CCN(c2cccc3sccc23)CC1. The number of sulfonamides is 1. The first-order valence-electron chi connectivity index (χ1n) is 13.4. The summed E-state index contributed by atoms with van der Waals surface area (Å²) in [5.41, 5.74) is 1.34. The van der Waals surface area contributed by atoms with Gasteiger partial charge in [0.05, 0.1) is 0 Å². The predicted molar refractivity (Wildman–Crippen MR) is 153 cm³/mol. The fraction of sp³-hybridized carbons (Fsp3) is 0.414. The van der Waals surface area contributed by atoms with E-state index in [2.05, 4.69) is 44.4 Å². The molecule has 2 aromatic heterocycles. The van der Waals surface area contributed by atoms with Gasteiger partial charge >= 0.3 is 0 Å². The van der Waals surface area contributed by atoms with Gasteiger partial charge in [-0.05, 0) is 49.4 Å². The maximum atomic E-state index is 14.0. The molecule has 194 valence electrons. The first kappa shape index (κ1) is 24.8. The van der Waals surface area contributed by atoms with Crippen LogP contribution in [0, 0.1) is 0 Å². The number of hydrogen-bond acceptors (Lipinski definition) is 6. The Morgan fingerprint density at radius 3 is 2.62 bits per heavy atom. The lowest BCUT2D eigenvalue weighted by molar-refractivity contribution is 0.218. The molecule has 2 fully saturated rings. The second kappa shape index (κ2) is 10.7. The molecule has 0 unspecified atom stereocenters. The highest BCUT2D eigenvalue weighted by molar-refractivity contribution is 7.89. The maximum absolute atomic E-state index is 14.0. The summed E-state index contributed by atoms with van der Waals surface area (Å²) in [5.74, 6) is 0. The zero-order valence-electron chi connectivity index (χ0n) is 21.1. The highest BCUT2D eigenvalue weighted by Gasteiger charge is 2.34. The highest BCUT2D eigenvalue weighted by atomic mass is 32.2. The molecule has 0 amide bonds. The van der Waals surface area contributed by atoms with Crippen LogP contribution in [-0.4, -0.2) is 67.9 Å². The van der Waals surface area contributed by atoms with Crippen LogP contribution in [0.2, 0.25) is 0 Å². The number of anilines is 1. The minimum atomic E-state index is -3.63. The largest absolute Gasteiger partial charge is 0.368 e. The van der Waals surface area contributed by atoms with E-state index >= 15 is 0 Å². The Balaban J connectivity index is 1.14. The van der Waals surface area contributed by atoms with E-state index in [4.69, 9.17) is 0 Å². The van der Waals surface area contributed by atoms with Gasteiger partial charge in [0.25, 0.3) is 0 Å². The third-order valence-electron chi connectivity index (χ3n) is 8.01. The lowest BCUT2D eigenvalue weighted by Crippen LogP contribution is -2.48. The number of pyridine rings is 1. The van der Waals surface area contributed by atoms with E-state index in [1.165, 1.54) is 22.0 Å². The summed E-state index contributed by atoms with van der Waals surface area (Å²) in [6.45, 7) is 5.54. The molecule has 37 heavy (non-hydrogen) atoms. The number of nitrogens with zero attached hydrogens (tertiary/aromatic N) is 4. The summed E-state index contributed by atoms with van der Waals surface area (Å²) in [5, 5.41) is 5.15. The van der Waals surface area contributed by atoms with Crippen molar-refractivity contribution in [1.29, 1.82) is 0 Å². The molecule has 2 aliphatic rings. The van der Waals surface area contributed by atoms with E-state index < -0.39 is 10.0 Å². The molecule has 4 aromatic rings. The molecule has 0 spiro atoms. The Hall–Kier alpha value is -2.52. The van der Waals surface area contributed by atoms with E-state index in [1.807, 2.05) is 24.3 Å². The van der Waals surface area contributed by atoms with Crippen LogP contribution in [0.5, 0.6) is 0 Å². The van der Waals surface area contributed by atoms with Crippen molar-refractivity contribution < 1.29 is 8.42 Å². The molecule has 4 heterocycles. The van der Waals surface area contributed by atoms with Crippen LogP contribution in [0.25, 0.3) is 20.9 Å². The second-order valence-corrected chi connectivity index (χ2v) is 13.0. The monoisotopic (exact) mass is 534 g/mol. The Bertz CT molecular complexity index is 1470. The van der Waals surface area contributed by atoms with Gasteiger partial charge in [-0.1, -0.05) is 43.2 Å². The first-order valence-corrected chi connectivity index (χ1v) is 15.7. The maximum Gasteiger partial charge on any atom is 0.245 e. The molecule has 0 bridgehead atoms. The first-order chi connectivity index (χ1) is 18.1. The molecule has 0 saturated carbocycles. The Morgan fingerprint density at radius 2 is 1.73 bits per heavy atom. The topological polar surface area (TPSA) is 56.8 Å². The van der Waals surface area contributed by atoms with Crippen molar-refractivity contribution in [2.45, 2.75) is 43.0 Å². The molecular weight excluding hydrogens is 500 g/mol. The molecule has 2 aliphatic heterocycles. The zero-order valence-corrected chi connectivity index (χ0v) is 22.8. The Morgan fingerprint density at radius 1 is 0.865 bits per heavy atom. The third-order valence-corrected chi connectivity index (χ3v) is 10.9. The van der Waals surface area contributed by atoms with Crippen LogP contribution >= 0.6 is 11.3 Å². The van der Waals surface area contributed by atoms with Crippen molar-refractivity contribution in [1.82, 2.24) is 14.2 Å². The standard InChI is InChI=1S/C29H34N4O2S2/c34-37(35,29-22-30-21-23-7-3-4-9-25(23)29)33-14-5-1-2-8-24(33)12-15-31-16-18-32(19-17-31)27-10-6-11-28-26(27)13-20-36-28/h3-4,6-7,9-11,13,20-22,24H,1-2,5,8,12,14-19H2/t24-/m0/s1. The fourth-order valence-corrected chi connectivity index (χ4v) is 8.66. The summed E-state index contributed by atoms with van der Waals surface area (Å²) in [6.07, 6.45) is 8.17. The summed E-state index contributed by atoms with van der Waals surface area (Å²) < 4.78 is 31.1. The van der Waals surface area contributed by atoms with E-state index in [1.54, 1.807) is 21.8 Å². The molecule has 8 heteroatoms. The van der Waals surface area contributed by atoms with Crippen LogP contribution in [0.3, 0.4) is 0 Å². The van der Waals surface area contributed by atoms with Crippen molar-refractivity contribution in [3.63, 3.8) is 0 Å². The number of piperazine rings is 1.